The second kappa shape index (κ2) is 5.89. The number of hydrogen-bond acceptors (Lipinski definition) is 6. The maximum absolute atomic E-state index is 5.52. The number of aromatic nitrogens is 3. The van der Waals surface area contributed by atoms with Gasteiger partial charge in [-0.25, -0.2) is 9.97 Å². The molecule has 2 N–H and O–H groups in total. The maximum atomic E-state index is 5.52. The first-order chi connectivity index (χ1) is 11.3. The number of hydrogen-bond donors (Lipinski definition) is 1. The van der Waals surface area contributed by atoms with Crippen LogP contribution < -0.4 is 5.84 Å². The van der Waals surface area contributed by atoms with Crippen LogP contribution in [0, 0.1) is 0 Å². The Kier molecular flexibility index (Phi) is 3.59. The largest absolute Gasteiger partial charge is 0.323 e. The van der Waals surface area contributed by atoms with Gasteiger partial charge in [0.1, 0.15) is 5.01 Å². The Morgan fingerprint density at radius 2 is 2.09 bits per heavy atom. The topological polar surface area (TPSA) is 77.0 Å². The predicted molar refractivity (Wildman–Crippen MR) is 92.2 cm³/mol. The molecule has 3 heterocycles. The van der Waals surface area contributed by atoms with Gasteiger partial charge >= 0.3 is 0 Å². The van der Waals surface area contributed by atoms with Gasteiger partial charge in [-0.1, -0.05) is 6.07 Å². The van der Waals surface area contributed by atoms with Gasteiger partial charge in [-0.3, -0.25) is 4.98 Å². The van der Waals surface area contributed by atoms with E-state index in [9.17, 15) is 0 Å². The molecule has 1 aliphatic carbocycles. The molecule has 0 saturated carbocycles. The zero-order valence-corrected chi connectivity index (χ0v) is 13.3. The minimum Gasteiger partial charge on any atom is -0.323 e. The SMILES string of the molecule is NN=C1CCCc2ccc(-c3cnc(-c4cccnc4)s3)nc21. The Hall–Kier alpha value is -2.60. The summed E-state index contributed by atoms with van der Waals surface area (Å²) in [5.74, 6) is 5.52. The molecule has 0 bridgehead atoms. The van der Waals surface area contributed by atoms with E-state index in [1.54, 1.807) is 17.5 Å². The quantitative estimate of drug-likeness (QED) is 0.580. The van der Waals surface area contributed by atoms with E-state index >= 15 is 0 Å². The standard InChI is InChI=1S/C17H15N5S/c18-22-14-5-1-3-11-6-7-13(21-16(11)14)15-10-20-17(23-15)12-4-2-8-19-9-12/h2,4,6-10H,1,3,5,18H2. The molecule has 5 nitrogen and oxygen atoms in total. The third-order valence-electron chi connectivity index (χ3n) is 3.93. The number of fused-ring (bicyclic) bond motifs is 1. The van der Waals surface area contributed by atoms with Crippen LogP contribution in [0.5, 0.6) is 0 Å². The van der Waals surface area contributed by atoms with Crippen LogP contribution in [0.1, 0.15) is 24.1 Å². The fourth-order valence-electron chi connectivity index (χ4n) is 2.78. The molecule has 3 aromatic heterocycles. The summed E-state index contributed by atoms with van der Waals surface area (Å²) in [6, 6.07) is 8.11. The van der Waals surface area contributed by atoms with Crippen molar-refractivity contribution in [1.82, 2.24) is 15.0 Å². The third-order valence-corrected chi connectivity index (χ3v) is 5.00. The first kappa shape index (κ1) is 14.0. The minimum atomic E-state index is 0.892. The molecule has 114 valence electrons. The maximum Gasteiger partial charge on any atom is 0.125 e. The van der Waals surface area contributed by atoms with E-state index in [4.69, 9.17) is 10.8 Å². The van der Waals surface area contributed by atoms with Crippen LogP contribution in [0.3, 0.4) is 0 Å². The van der Waals surface area contributed by atoms with E-state index in [2.05, 4.69) is 27.2 Å². The van der Waals surface area contributed by atoms with Crippen molar-refractivity contribution in [2.75, 3.05) is 0 Å². The average molecular weight is 321 g/mol. The molecule has 0 spiro atoms. The second-order valence-corrected chi connectivity index (χ2v) is 6.44. The molecule has 0 unspecified atom stereocenters. The van der Waals surface area contributed by atoms with Crippen LogP contribution in [0.25, 0.3) is 21.1 Å². The molecular formula is C17H15N5S. The van der Waals surface area contributed by atoms with Crippen molar-refractivity contribution in [2.45, 2.75) is 19.3 Å². The van der Waals surface area contributed by atoms with E-state index in [0.29, 0.717) is 0 Å². The lowest BCUT2D eigenvalue weighted by Gasteiger charge is -2.16. The van der Waals surface area contributed by atoms with E-state index in [0.717, 1.165) is 51.8 Å². The highest BCUT2D eigenvalue weighted by atomic mass is 32.1. The summed E-state index contributed by atoms with van der Waals surface area (Å²) in [5, 5.41) is 4.85. The van der Waals surface area contributed by atoms with Crippen molar-refractivity contribution in [2.24, 2.45) is 10.9 Å². The number of thiazole rings is 1. The average Bonchev–Trinajstić information content (AvgIpc) is 3.11. The number of nitrogens with two attached hydrogens (primary N) is 1. The predicted octanol–water partition coefficient (Wildman–Crippen LogP) is 3.27. The Bertz CT molecular complexity index is 870. The molecule has 0 fully saturated rings. The van der Waals surface area contributed by atoms with E-state index in [-0.39, 0.29) is 0 Å². The van der Waals surface area contributed by atoms with Gasteiger partial charge in [0.15, 0.2) is 0 Å². The minimum absolute atomic E-state index is 0.892. The second-order valence-electron chi connectivity index (χ2n) is 5.40. The highest BCUT2D eigenvalue weighted by Crippen LogP contribution is 2.32. The van der Waals surface area contributed by atoms with Crippen molar-refractivity contribution in [1.29, 1.82) is 0 Å². The molecule has 0 saturated heterocycles. The van der Waals surface area contributed by atoms with Gasteiger partial charge < -0.3 is 5.84 Å². The molecule has 1 aliphatic rings. The summed E-state index contributed by atoms with van der Waals surface area (Å²) in [5.41, 5.74) is 4.99. The van der Waals surface area contributed by atoms with Crippen LogP contribution >= 0.6 is 11.3 Å². The fourth-order valence-corrected chi connectivity index (χ4v) is 3.66. The molecule has 0 radical (unpaired) electrons. The van der Waals surface area contributed by atoms with Crippen molar-refractivity contribution in [3.8, 4) is 21.1 Å². The zero-order chi connectivity index (χ0) is 15.6. The fraction of sp³-hybridized carbons (Fsp3) is 0.176. The highest BCUT2D eigenvalue weighted by molar-refractivity contribution is 7.18. The third kappa shape index (κ3) is 2.61. The smallest absolute Gasteiger partial charge is 0.125 e. The molecule has 4 rings (SSSR count). The van der Waals surface area contributed by atoms with E-state index in [1.165, 1.54) is 5.56 Å². The lowest BCUT2D eigenvalue weighted by atomic mass is 9.94. The van der Waals surface area contributed by atoms with Gasteiger partial charge in [0, 0.05) is 24.2 Å². The zero-order valence-electron chi connectivity index (χ0n) is 12.4. The van der Waals surface area contributed by atoms with Crippen LogP contribution in [-0.4, -0.2) is 20.7 Å². The monoisotopic (exact) mass is 321 g/mol. The molecule has 0 aliphatic heterocycles. The number of nitrogens with zero attached hydrogens (tertiary/aromatic N) is 4. The number of rotatable bonds is 2. The normalized spacial score (nSPS) is 15.6. The summed E-state index contributed by atoms with van der Waals surface area (Å²) < 4.78 is 0. The van der Waals surface area contributed by atoms with Crippen LogP contribution in [0.15, 0.2) is 48.0 Å². The van der Waals surface area contributed by atoms with Crippen molar-refractivity contribution in [3.63, 3.8) is 0 Å². The molecule has 23 heavy (non-hydrogen) atoms. The summed E-state index contributed by atoms with van der Waals surface area (Å²) in [4.78, 5) is 14.5. The van der Waals surface area contributed by atoms with Crippen LogP contribution in [0.4, 0.5) is 0 Å². The summed E-state index contributed by atoms with van der Waals surface area (Å²) in [6.45, 7) is 0. The van der Waals surface area contributed by atoms with Gasteiger partial charge in [0.25, 0.3) is 0 Å². The molecular weight excluding hydrogens is 306 g/mol. The summed E-state index contributed by atoms with van der Waals surface area (Å²) in [7, 11) is 0. The van der Waals surface area contributed by atoms with Gasteiger partial charge in [0.05, 0.1) is 22.0 Å². The van der Waals surface area contributed by atoms with Gasteiger partial charge in [-0.2, -0.15) is 5.10 Å². The molecule has 0 amide bonds. The molecule has 6 heteroatoms. The summed E-state index contributed by atoms with van der Waals surface area (Å²) >= 11 is 1.61. The first-order valence-electron chi connectivity index (χ1n) is 7.49. The Balaban J connectivity index is 1.73. The lowest BCUT2D eigenvalue weighted by molar-refractivity contribution is 0.823. The van der Waals surface area contributed by atoms with Crippen molar-refractivity contribution in [3.05, 3.63) is 54.1 Å². The van der Waals surface area contributed by atoms with E-state index < -0.39 is 0 Å². The summed E-state index contributed by atoms with van der Waals surface area (Å²) in [6.07, 6.45) is 8.45. The molecule has 0 aromatic carbocycles. The number of hydrazone groups is 1. The Labute approximate surface area is 138 Å². The Morgan fingerprint density at radius 1 is 1.13 bits per heavy atom. The van der Waals surface area contributed by atoms with Crippen LogP contribution in [-0.2, 0) is 6.42 Å². The first-order valence-corrected chi connectivity index (χ1v) is 8.30. The molecule has 3 aromatic rings. The van der Waals surface area contributed by atoms with Crippen molar-refractivity contribution >= 4 is 17.0 Å². The number of pyridine rings is 2. The Morgan fingerprint density at radius 3 is 2.91 bits per heavy atom. The van der Waals surface area contributed by atoms with Crippen LogP contribution in [0.2, 0.25) is 0 Å². The van der Waals surface area contributed by atoms with Gasteiger partial charge in [-0.15, -0.1) is 11.3 Å². The lowest BCUT2D eigenvalue weighted by Crippen LogP contribution is -2.16. The van der Waals surface area contributed by atoms with E-state index in [1.807, 2.05) is 24.5 Å². The number of aryl methyl sites for hydroxylation is 1. The highest BCUT2D eigenvalue weighted by Gasteiger charge is 2.18. The van der Waals surface area contributed by atoms with Crippen molar-refractivity contribution < 1.29 is 0 Å². The molecule has 0 atom stereocenters. The van der Waals surface area contributed by atoms with Gasteiger partial charge in [-0.05, 0) is 43.0 Å². The van der Waals surface area contributed by atoms with Gasteiger partial charge in [0.2, 0.25) is 0 Å².